The fourth-order valence-electron chi connectivity index (χ4n) is 2.66. The van der Waals surface area contributed by atoms with E-state index in [-0.39, 0.29) is 12.5 Å². The van der Waals surface area contributed by atoms with E-state index in [1.54, 1.807) is 0 Å². The minimum atomic E-state index is -1.35. The highest BCUT2D eigenvalue weighted by molar-refractivity contribution is 5.91. The number of carbonyl (C=O) groups is 3. The molecule has 2 atom stereocenters. The molecule has 0 radical (unpaired) electrons. The maximum absolute atomic E-state index is 12.3. The van der Waals surface area contributed by atoms with E-state index >= 15 is 0 Å². The van der Waals surface area contributed by atoms with Crippen molar-refractivity contribution in [3.63, 3.8) is 0 Å². The molecule has 3 amide bonds. The van der Waals surface area contributed by atoms with E-state index in [2.05, 4.69) is 16.0 Å². The van der Waals surface area contributed by atoms with Crippen LogP contribution in [0.2, 0.25) is 0 Å². The van der Waals surface area contributed by atoms with Gasteiger partial charge in [0.25, 0.3) is 0 Å². The zero-order chi connectivity index (χ0) is 19.8. The van der Waals surface area contributed by atoms with Gasteiger partial charge in [0.05, 0.1) is 6.61 Å². The largest absolute Gasteiger partial charge is 0.465 e. The summed E-state index contributed by atoms with van der Waals surface area (Å²) in [4.78, 5) is 35.2. The van der Waals surface area contributed by atoms with Gasteiger partial charge in [-0.25, -0.2) is 4.79 Å². The molecule has 8 nitrogen and oxygen atoms in total. The number of nitrogens with one attached hydrogen (secondary N) is 3. The lowest BCUT2D eigenvalue weighted by Gasteiger charge is -2.19. The van der Waals surface area contributed by atoms with Crippen LogP contribution in [0.5, 0.6) is 0 Å². The molecule has 0 aromatic heterocycles. The summed E-state index contributed by atoms with van der Waals surface area (Å²) < 4.78 is 4.83. The summed E-state index contributed by atoms with van der Waals surface area (Å²) in [6.07, 6.45) is -1.35. The van der Waals surface area contributed by atoms with Gasteiger partial charge in [-0.1, -0.05) is 42.5 Å². The van der Waals surface area contributed by atoms with E-state index in [0.29, 0.717) is 6.54 Å². The van der Waals surface area contributed by atoms with Gasteiger partial charge in [0.15, 0.2) is 0 Å². The van der Waals surface area contributed by atoms with Crippen LogP contribution in [0.4, 0.5) is 4.79 Å². The van der Waals surface area contributed by atoms with Crippen LogP contribution in [0.1, 0.15) is 12.5 Å². The molecule has 144 valence electrons. The second-order valence-electron chi connectivity index (χ2n) is 6.04. The summed E-state index contributed by atoms with van der Waals surface area (Å²) in [6, 6.07) is 11.8. The number of amides is 3. The summed E-state index contributed by atoms with van der Waals surface area (Å²) in [5, 5.41) is 18.2. The normalized spacial score (nSPS) is 12.8. The Balaban J connectivity index is 1.94. The minimum Gasteiger partial charge on any atom is -0.465 e. The molecule has 2 rings (SSSR count). The molecule has 8 heteroatoms. The van der Waals surface area contributed by atoms with Crippen molar-refractivity contribution in [2.24, 2.45) is 0 Å². The van der Waals surface area contributed by atoms with Gasteiger partial charge >= 0.3 is 6.09 Å². The maximum atomic E-state index is 12.3. The number of fused-ring (bicyclic) bond motifs is 1. The van der Waals surface area contributed by atoms with Crippen LogP contribution in [-0.2, 0) is 20.9 Å². The molecular formula is C19H23N3O5. The Labute approximate surface area is 156 Å². The van der Waals surface area contributed by atoms with Crippen LogP contribution in [0.3, 0.4) is 0 Å². The third-order valence-corrected chi connectivity index (χ3v) is 4.03. The van der Waals surface area contributed by atoms with Crippen LogP contribution in [-0.4, -0.2) is 48.8 Å². The Morgan fingerprint density at radius 3 is 2.44 bits per heavy atom. The number of benzene rings is 2. The van der Waals surface area contributed by atoms with E-state index in [1.807, 2.05) is 42.5 Å². The zero-order valence-electron chi connectivity index (χ0n) is 15.2. The first-order chi connectivity index (χ1) is 12.9. The van der Waals surface area contributed by atoms with Crippen LogP contribution in [0, 0.1) is 0 Å². The first-order valence-corrected chi connectivity index (χ1v) is 8.45. The highest BCUT2D eigenvalue weighted by Crippen LogP contribution is 2.18. The second-order valence-corrected chi connectivity index (χ2v) is 6.04. The quantitative estimate of drug-likeness (QED) is 0.556. The summed E-state index contributed by atoms with van der Waals surface area (Å²) in [5.41, 5.74) is 0.963. The molecule has 2 aromatic carbocycles. The highest BCUT2D eigenvalue weighted by atomic mass is 16.5. The predicted octanol–water partition coefficient (Wildman–Crippen LogP) is 1.24. The van der Waals surface area contributed by atoms with E-state index < -0.39 is 24.1 Å². The molecule has 0 fully saturated rings. The summed E-state index contributed by atoms with van der Waals surface area (Å²) >= 11 is 0. The Bertz CT molecular complexity index is 819. The number of hydrogen-bond donors (Lipinski definition) is 4. The molecule has 0 heterocycles. The molecule has 27 heavy (non-hydrogen) atoms. The van der Waals surface area contributed by atoms with Gasteiger partial charge < -0.3 is 25.8 Å². The van der Waals surface area contributed by atoms with Crippen LogP contribution in [0.25, 0.3) is 10.8 Å². The van der Waals surface area contributed by atoms with Gasteiger partial charge in [-0.15, -0.1) is 0 Å². The van der Waals surface area contributed by atoms with Crippen molar-refractivity contribution < 1.29 is 24.2 Å². The summed E-state index contributed by atoms with van der Waals surface area (Å²) in [7, 11) is 1.35. The summed E-state index contributed by atoms with van der Waals surface area (Å²) in [6.45, 7) is 1.71. The monoisotopic (exact) mass is 373 g/mol. The Morgan fingerprint density at radius 1 is 1.04 bits per heavy atom. The van der Waals surface area contributed by atoms with Gasteiger partial charge in [0.1, 0.15) is 12.1 Å². The molecular weight excluding hydrogens is 350 g/mol. The van der Waals surface area contributed by atoms with E-state index in [1.165, 1.54) is 14.0 Å². The van der Waals surface area contributed by atoms with Crippen molar-refractivity contribution in [1.29, 1.82) is 0 Å². The van der Waals surface area contributed by atoms with Crippen molar-refractivity contribution in [3.8, 4) is 0 Å². The number of rotatable bonds is 8. The molecule has 0 aliphatic heterocycles. The van der Waals surface area contributed by atoms with E-state index in [0.717, 1.165) is 16.3 Å². The number of hydrogen-bond acceptors (Lipinski definition) is 4. The minimum absolute atomic E-state index is 0.136. The van der Waals surface area contributed by atoms with Crippen molar-refractivity contribution in [2.75, 3.05) is 13.7 Å². The fraction of sp³-hybridized carbons (Fsp3) is 0.316. The van der Waals surface area contributed by atoms with Gasteiger partial charge in [-0.2, -0.15) is 0 Å². The molecule has 0 bridgehead atoms. The molecule has 0 unspecified atom stereocenters. The molecule has 2 aromatic rings. The molecule has 0 aliphatic rings. The number of carbonyl (C=O) groups excluding carboxylic acids is 2. The number of methoxy groups -OCH3 is 1. The zero-order valence-corrected chi connectivity index (χ0v) is 15.2. The lowest BCUT2D eigenvalue weighted by atomic mass is 10.0. The van der Waals surface area contributed by atoms with Gasteiger partial charge in [-0.05, 0) is 23.3 Å². The Hall–Kier alpha value is -3.13. The molecule has 0 aliphatic carbocycles. The van der Waals surface area contributed by atoms with Crippen LogP contribution in [0.15, 0.2) is 42.5 Å². The van der Waals surface area contributed by atoms with Crippen molar-refractivity contribution in [2.45, 2.75) is 25.6 Å². The number of carboxylic acid groups (broad SMARTS) is 1. The fourth-order valence-corrected chi connectivity index (χ4v) is 2.66. The highest BCUT2D eigenvalue weighted by Gasteiger charge is 2.24. The van der Waals surface area contributed by atoms with Gasteiger partial charge in [0, 0.05) is 13.7 Å². The lowest BCUT2D eigenvalue weighted by Crippen LogP contribution is -2.54. The standard InChI is InChI=1S/C19H23N3O5/c1-12(21-18(24)16(11-27-2)22-19(25)26)17(23)20-10-14-8-5-7-13-6-3-4-9-15(13)14/h3-9,12,16,22H,10-11H2,1-2H3,(H,20,23)(H,21,24)(H,25,26)/t12-,16-/m0/s1. The Kier molecular flexibility index (Phi) is 7.13. The van der Waals surface area contributed by atoms with E-state index in [9.17, 15) is 14.4 Å². The molecule has 0 saturated heterocycles. The average molecular weight is 373 g/mol. The SMILES string of the molecule is COC[C@H](NC(=O)O)C(=O)N[C@@H](C)C(=O)NCc1cccc2ccccc12. The van der Waals surface area contributed by atoms with Crippen molar-refractivity contribution in [1.82, 2.24) is 16.0 Å². The topological polar surface area (TPSA) is 117 Å². The first kappa shape index (κ1) is 20.2. The third kappa shape index (κ3) is 5.68. The lowest BCUT2D eigenvalue weighted by molar-refractivity contribution is -0.130. The first-order valence-electron chi connectivity index (χ1n) is 8.45. The predicted molar refractivity (Wildman–Crippen MR) is 100 cm³/mol. The Morgan fingerprint density at radius 2 is 1.74 bits per heavy atom. The van der Waals surface area contributed by atoms with Crippen molar-refractivity contribution in [3.05, 3.63) is 48.0 Å². The third-order valence-electron chi connectivity index (χ3n) is 4.03. The van der Waals surface area contributed by atoms with Gasteiger partial charge in [0.2, 0.25) is 11.8 Å². The second kappa shape index (κ2) is 9.54. The van der Waals surface area contributed by atoms with Crippen LogP contribution >= 0.6 is 0 Å². The number of ether oxygens (including phenoxy) is 1. The van der Waals surface area contributed by atoms with Gasteiger partial charge in [-0.3, -0.25) is 9.59 Å². The van der Waals surface area contributed by atoms with Crippen LogP contribution < -0.4 is 16.0 Å². The van der Waals surface area contributed by atoms with Crippen molar-refractivity contribution >= 4 is 28.7 Å². The molecule has 4 N–H and O–H groups in total. The molecule has 0 spiro atoms. The maximum Gasteiger partial charge on any atom is 0.405 e. The summed E-state index contributed by atoms with van der Waals surface area (Å²) in [5.74, 6) is -1.00. The smallest absolute Gasteiger partial charge is 0.405 e. The van der Waals surface area contributed by atoms with E-state index in [4.69, 9.17) is 9.84 Å². The molecule has 0 saturated carbocycles. The average Bonchev–Trinajstić information content (AvgIpc) is 2.65.